The van der Waals surface area contributed by atoms with Crippen molar-refractivity contribution in [2.45, 2.75) is 12.5 Å². The van der Waals surface area contributed by atoms with Gasteiger partial charge in [0.15, 0.2) is 0 Å². The van der Waals surface area contributed by atoms with Crippen LogP contribution in [0, 0.1) is 11.7 Å². The number of hydrogen-bond donors (Lipinski definition) is 0. The first-order valence-electron chi connectivity index (χ1n) is 4.86. The largest absolute Gasteiger partial charge is 0.478 e. The van der Waals surface area contributed by atoms with Crippen molar-refractivity contribution in [1.82, 2.24) is 0 Å². The SMILES string of the molecule is O=C1OC[C@H]2Cc3c(F)cccc3O[C@@H]12. The molecule has 3 nitrogen and oxygen atoms in total. The number of benzene rings is 1. The maximum Gasteiger partial charge on any atom is 0.347 e. The van der Waals surface area contributed by atoms with Crippen LogP contribution in [0.15, 0.2) is 18.2 Å². The Morgan fingerprint density at radius 1 is 1.40 bits per heavy atom. The van der Waals surface area contributed by atoms with Crippen LogP contribution in [0.3, 0.4) is 0 Å². The van der Waals surface area contributed by atoms with Gasteiger partial charge in [0, 0.05) is 11.5 Å². The van der Waals surface area contributed by atoms with Crippen LogP contribution in [0.4, 0.5) is 4.39 Å². The fourth-order valence-electron chi connectivity index (χ4n) is 2.11. The first-order chi connectivity index (χ1) is 7.25. The third kappa shape index (κ3) is 1.21. The van der Waals surface area contributed by atoms with E-state index in [1.165, 1.54) is 6.07 Å². The summed E-state index contributed by atoms with van der Waals surface area (Å²) in [5.41, 5.74) is 0.553. The second kappa shape index (κ2) is 2.95. The van der Waals surface area contributed by atoms with Crippen LogP contribution < -0.4 is 4.74 Å². The molecule has 2 aliphatic rings. The average molecular weight is 208 g/mol. The van der Waals surface area contributed by atoms with Gasteiger partial charge in [-0.1, -0.05) is 6.07 Å². The third-order valence-corrected chi connectivity index (χ3v) is 2.90. The molecular formula is C11H9FO3. The van der Waals surface area contributed by atoms with Crippen molar-refractivity contribution in [2.24, 2.45) is 5.92 Å². The molecule has 78 valence electrons. The fourth-order valence-corrected chi connectivity index (χ4v) is 2.11. The van der Waals surface area contributed by atoms with Crippen molar-refractivity contribution in [3.63, 3.8) is 0 Å². The van der Waals surface area contributed by atoms with Crippen LogP contribution in [0.25, 0.3) is 0 Å². The molecule has 0 radical (unpaired) electrons. The second-order valence-corrected chi connectivity index (χ2v) is 3.85. The Labute approximate surface area is 85.8 Å². The fraction of sp³-hybridized carbons (Fsp3) is 0.364. The molecule has 4 heteroatoms. The summed E-state index contributed by atoms with van der Waals surface area (Å²) < 4.78 is 23.7. The summed E-state index contributed by atoms with van der Waals surface area (Å²) >= 11 is 0. The molecule has 3 rings (SSSR count). The maximum atomic E-state index is 13.4. The Balaban J connectivity index is 2.03. The molecule has 0 spiro atoms. The summed E-state index contributed by atoms with van der Waals surface area (Å²) in [5.74, 6) is -0.183. The van der Waals surface area contributed by atoms with E-state index >= 15 is 0 Å². The van der Waals surface area contributed by atoms with E-state index in [4.69, 9.17) is 9.47 Å². The van der Waals surface area contributed by atoms with Crippen LogP contribution in [0.2, 0.25) is 0 Å². The summed E-state index contributed by atoms with van der Waals surface area (Å²) in [5, 5.41) is 0. The van der Waals surface area contributed by atoms with E-state index in [1.807, 2.05) is 0 Å². The van der Waals surface area contributed by atoms with Gasteiger partial charge in [0.1, 0.15) is 11.6 Å². The molecule has 0 bridgehead atoms. The van der Waals surface area contributed by atoms with Gasteiger partial charge in [-0.25, -0.2) is 9.18 Å². The summed E-state index contributed by atoms with van der Waals surface area (Å²) in [4.78, 5) is 11.3. The molecular weight excluding hydrogens is 199 g/mol. The maximum absolute atomic E-state index is 13.4. The molecule has 2 aliphatic heterocycles. The van der Waals surface area contributed by atoms with E-state index in [2.05, 4.69) is 0 Å². The van der Waals surface area contributed by atoms with E-state index in [1.54, 1.807) is 12.1 Å². The minimum Gasteiger partial charge on any atom is -0.478 e. The minimum absolute atomic E-state index is 0.0399. The molecule has 0 unspecified atom stereocenters. The molecule has 0 amide bonds. The van der Waals surface area contributed by atoms with Crippen LogP contribution in [0.1, 0.15) is 5.56 Å². The van der Waals surface area contributed by atoms with Crippen molar-refractivity contribution in [3.05, 3.63) is 29.6 Å². The van der Waals surface area contributed by atoms with Crippen molar-refractivity contribution in [3.8, 4) is 5.75 Å². The molecule has 0 saturated carbocycles. The summed E-state index contributed by atoms with van der Waals surface area (Å²) in [6, 6.07) is 4.66. The first kappa shape index (κ1) is 8.71. The minimum atomic E-state index is -0.542. The van der Waals surface area contributed by atoms with E-state index in [9.17, 15) is 9.18 Å². The number of ether oxygens (including phenoxy) is 2. The molecule has 0 aliphatic carbocycles. The molecule has 0 aromatic heterocycles. The number of rotatable bonds is 0. The Morgan fingerprint density at radius 2 is 2.27 bits per heavy atom. The highest BCUT2D eigenvalue weighted by Gasteiger charge is 2.43. The number of carbonyl (C=O) groups excluding carboxylic acids is 1. The van der Waals surface area contributed by atoms with Crippen molar-refractivity contribution in [2.75, 3.05) is 6.61 Å². The lowest BCUT2D eigenvalue weighted by atomic mass is 9.92. The average Bonchev–Trinajstić information content (AvgIpc) is 2.59. The molecule has 1 saturated heterocycles. The molecule has 2 heterocycles. The summed E-state index contributed by atoms with van der Waals surface area (Å²) in [6.07, 6.45) is -0.0300. The molecule has 0 N–H and O–H groups in total. The number of carbonyl (C=O) groups is 1. The van der Waals surface area contributed by atoms with Crippen molar-refractivity contribution >= 4 is 5.97 Å². The lowest BCUT2D eigenvalue weighted by Crippen LogP contribution is -2.34. The van der Waals surface area contributed by atoms with E-state index < -0.39 is 6.10 Å². The number of cyclic esters (lactones) is 1. The Bertz CT molecular complexity index is 430. The zero-order valence-corrected chi connectivity index (χ0v) is 7.90. The van der Waals surface area contributed by atoms with Gasteiger partial charge in [0.25, 0.3) is 0 Å². The number of hydrogen-bond acceptors (Lipinski definition) is 3. The van der Waals surface area contributed by atoms with Crippen LogP contribution >= 0.6 is 0 Å². The standard InChI is InChI=1S/C11H9FO3/c12-8-2-1-3-9-7(8)4-6-5-14-11(13)10(6)15-9/h1-3,6,10H,4-5H2/t6-,10-/m1/s1. The third-order valence-electron chi connectivity index (χ3n) is 2.90. The van der Waals surface area contributed by atoms with Crippen molar-refractivity contribution < 1.29 is 18.7 Å². The summed E-state index contributed by atoms with van der Waals surface area (Å²) in [6.45, 7) is 0.331. The normalized spacial score (nSPS) is 27.7. The van der Waals surface area contributed by atoms with Crippen LogP contribution in [-0.4, -0.2) is 18.7 Å². The molecule has 1 fully saturated rings. The van der Waals surface area contributed by atoms with Gasteiger partial charge < -0.3 is 9.47 Å². The quantitative estimate of drug-likeness (QED) is 0.603. The van der Waals surface area contributed by atoms with Gasteiger partial charge in [0.05, 0.1) is 6.61 Å². The predicted molar refractivity (Wildman–Crippen MR) is 49.0 cm³/mol. The molecule has 2 atom stereocenters. The van der Waals surface area contributed by atoms with Crippen LogP contribution in [-0.2, 0) is 16.0 Å². The van der Waals surface area contributed by atoms with Gasteiger partial charge in [-0.15, -0.1) is 0 Å². The Kier molecular flexibility index (Phi) is 1.71. The highest BCUT2D eigenvalue weighted by atomic mass is 19.1. The molecule has 15 heavy (non-hydrogen) atoms. The lowest BCUT2D eigenvalue weighted by molar-refractivity contribution is -0.143. The number of fused-ring (bicyclic) bond motifs is 2. The highest BCUT2D eigenvalue weighted by molar-refractivity contribution is 5.78. The topological polar surface area (TPSA) is 35.5 Å². The monoisotopic (exact) mass is 208 g/mol. The molecule has 1 aromatic rings. The lowest BCUT2D eigenvalue weighted by Gasteiger charge is -2.25. The van der Waals surface area contributed by atoms with E-state index in [0.29, 0.717) is 24.3 Å². The second-order valence-electron chi connectivity index (χ2n) is 3.85. The Hall–Kier alpha value is -1.58. The molecule has 1 aromatic carbocycles. The van der Waals surface area contributed by atoms with Gasteiger partial charge >= 0.3 is 5.97 Å². The Morgan fingerprint density at radius 3 is 3.13 bits per heavy atom. The highest BCUT2D eigenvalue weighted by Crippen LogP contribution is 2.35. The van der Waals surface area contributed by atoms with Crippen LogP contribution in [0.5, 0.6) is 5.75 Å². The van der Waals surface area contributed by atoms with Gasteiger partial charge in [-0.05, 0) is 18.6 Å². The number of halogens is 1. The zero-order chi connectivity index (χ0) is 10.4. The van der Waals surface area contributed by atoms with Crippen molar-refractivity contribution in [1.29, 1.82) is 0 Å². The van der Waals surface area contributed by atoms with E-state index in [0.717, 1.165) is 0 Å². The van der Waals surface area contributed by atoms with Gasteiger partial charge in [0.2, 0.25) is 6.10 Å². The number of esters is 1. The first-order valence-corrected chi connectivity index (χ1v) is 4.86. The van der Waals surface area contributed by atoms with E-state index in [-0.39, 0.29) is 17.7 Å². The van der Waals surface area contributed by atoms with Gasteiger partial charge in [-0.2, -0.15) is 0 Å². The smallest absolute Gasteiger partial charge is 0.347 e. The predicted octanol–water partition coefficient (Wildman–Crippen LogP) is 1.30. The zero-order valence-electron chi connectivity index (χ0n) is 7.90. The van der Waals surface area contributed by atoms with Gasteiger partial charge in [-0.3, -0.25) is 0 Å². The summed E-state index contributed by atoms with van der Waals surface area (Å²) in [7, 11) is 0.